The summed E-state index contributed by atoms with van der Waals surface area (Å²) in [5, 5.41) is 8.65. The first kappa shape index (κ1) is 9.93. The number of rotatable bonds is 3. The van der Waals surface area contributed by atoms with Crippen molar-refractivity contribution in [2.24, 2.45) is 5.92 Å². The van der Waals surface area contributed by atoms with Crippen molar-refractivity contribution < 1.29 is 9.50 Å². The molecule has 1 rings (SSSR count). The summed E-state index contributed by atoms with van der Waals surface area (Å²) in [4.78, 5) is 2.25. The maximum Gasteiger partial charge on any atom is 0.127 e. The standard InChI is InChI=1S/C9H18FNO/c1-2-11-5-3-4-8(6-11)9(10)7-12/h8-9,12H,2-7H2,1H3. The van der Waals surface area contributed by atoms with Crippen LogP contribution in [0.1, 0.15) is 19.8 Å². The van der Waals surface area contributed by atoms with Gasteiger partial charge in [-0.3, -0.25) is 0 Å². The van der Waals surface area contributed by atoms with Gasteiger partial charge in [0.05, 0.1) is 6.61 Å². The second-order valence-corrected chi connectivity index (χ2v) is 3.49. The van der Waals surface area contributed by atoms with E-state index in [4.69, 9.17) is 5.11 Å². The maximum absolute atomic E-state index is 13.1. The molecule has 1 saturated heterocycles. The SMILES string of the molecule is CCN1CCCC(C(F)CO)C1. The maximum atomic E-state index is 13.1. The zero-order valence-corrected chi connectivity index (χ0v) is 7.67. The minimum absolute atomic E-state index is 0.0590. The highest BCUT2D eigenvalue weighted by atomic mass is 19.1. The molecular formula is C9H18FNO. The van der Waals surface area contributed by atoms with Gasteiger partial charge in [0.15, 0.2) is 0 Å². The normalized spacial score (nSPS) is 28.8. The van der Waals surface area contributed by atoms with Gasteiger partial charge in [0.1, 0.15) is 6.17 Å². The predicted molar refractivity (Wildman–Crippen MR) is 46.8 cm³/mol. The molecule has 2 unspecified atom stereocenters. The number of aliphatic hydroxyl groups excluding tert-OH is 1. The fraction of sp³-hybridized carbons (Fsp3) is 1.00. The van der Waals surface area contributed by atoms with Gasteiger partial charge in [-0.05, 0) is 25.9 Å². The van der Waals surface area contributed by atoms with Gasteiger partial charge in [0, 0.05) is 12.5 Å². The Morgan fingerprint density at radius 3 is 3.00 bits per heavy atom. The molecule has 0 aromatic rings. The molecule has 0 amide bonds. The van der Waals surface area contributed by atoms with Crippen LogP contribution in [0.5, 0.6) is 0 Å². The van der Waals surface area contributed by atoms with Gasteiger partial charge in [-0.25, -0.2) is 4.39 Å². The third-order valence-corrected chi connectivity index (χ3v) is 2.68. The average molecular weight is 175 g/mol. The van der Waals surface area contributed by atoms with E-state index in [2.05, 4.69) is 11.8 Å². The molecule has 0 radical (unpaired) electrons. The fourth-order valence-electron chi connectivity index (χ4n) is 1.82. The number of likely N-dealkylation sites (tertiary alicyclic amines) is 1. The summed E-state index contributed by atoms with van der Waals surface area (Å²) in [7, 11) is 0. The molecule has 1 fully saturated rings. The Bertz CT molecular complexity index is 130. The quantitative estimate of drug-likeness (QED) is 0.693. The van der Waals surface area contributed by atoms with Crippen LogP contribution in [-0.4, -0.2) is 42.4 Å². The Balaban J connectivity index is 2.34. The van der Waals surface area contributed by atoms with E-state index in [1.165, 1.54) is 0 Å². The summed E-state index contributed by atoms with van der Waals surface area (Å²) in [6, 6.07) is 0. The fourth-order valence-corrected chi connectivity index (χ4v) is 1.82. The van der Waals surface area contributed by atoms with Crippen molar-refractivity contribution in [1.29, 1.82) is 0 Å². The molecule has 1 aliphatic heterocycles. The van der Waals surface area contributed by atoms with Crippen molar-refractivity contribution in [3.63, 3.8) is 0 Å². The zero-order chi connectivity index (χ0) is 8.97. The third-order valence-electron chi connectivity index (χ3n) is 2.68. The van der Waals surface area contributed by atoms with Crippen molar-refractivity contribution in [2.75, 3.05) is 26.2 Å². The molecule has 0 aromatic carbocycles. The highest BCUT2D eigenvalue weighted by Crippen LogP contribution is 2.21. The number of halogens is 1. The Labute approximate surface area is 73.4 Å². The molecule has 12 heavy (non-hydrogen) atoms. The van der Waals surface area contributed by atoms with E-state index < -0.39 is 6.17 Å². The van der Waals surface area contributed by atoms with Gasteiger partial charge >= 0.3 is 0 Å². The molecule has 0 spiro atoms. The molecule has 0 aromatic heterocycles. The van der Waals surface area contributed by atoms with Gasteiger partial charge in [0.25, 0.3) is 0 Å². The zero-order valence-electron chi connectivity index (χ0n) is 7.67. The monoisotopic (exact) mass is 175 g/mol. The van der Waals surface area contributed by atoms with E-state index in [0.717, 1.165) is 32.5 Å². The lowest BCUT2D eigenvalue weighted by molar-refractivity contribution is 0.0712. The molecule has 1 N–H and O–H groups in total. The number of hydrogen-bond acceptors (Lipinski definition) is 2. The van der Waals surface area contributed by atoms with Crippen LogP contribution in [0.4, 0.5) is 4.39 Å². The van der Waals surface area contributed by atoms with Crippen LogP contribution in [0, 0.1) is 5.92 Å². The first-order valence-corrected chi connectivity index (χ1v) is 4.75. The third kappa shape index (κ3) is 2.42. The minimum atomic E-state index is -1.01. The van der Waals surface area contributed by atoms with Crippen molar-refractivity contribution in [3.05, 3.63) is 0 Å². The van der Waals surface area contributed by atoms with Crippen LogP contribution in [0.3, 0.4) is 0 Å². The topological polar surface area (TPSA) is 23.5 Å². The van der Waals surface area contributed by atoms with Crippen molar-refractivity contribution >= 4 is 0 Å². The first-order chi connectivity index (χ1) is 5.77. The van der Waals surface area contributed by atoms with Crippen LogP contribution < -0.4 is 0 Å². The van der Waals surface area contributed by atoms with Crippen LogP contribution >= 0.6 is 0 Å². The van der Waals surface area contributed by atoms with Gasteiger partial charge in [-0.1, -0.05) is 6.92 Å². The van der Waals surface area contributed by atoms with Crippen LogP contribution in [-0.2, 0) is 0 Å². The van der Waals surface area contributed by atoms with Gasteiger partial charge in [0.2, 0.25) is 0 Å². The van der Waals surface area contributed by atoms with E-state index >= 15 is 0 Å². The summed E-state index contributed by atoms with van der Waals surface area (Å²) in [6.45, 7) is 4.68. The highest BCUT2D eigenvalue weighted by Gasteiger charge is 2.25. The van der Waals surface area contributed by atoms with Gasteiger partial charge in [-0.2, -0.15) is 0 Å². The smallest absolute Gasteiger partial charge is 0.127 e. The highest BCUT2D eigenvalue weighted by molar-refractivity contribution is 4.77. The Morgan fingerprint density at radius 1 is 1.67 bits per heavy atom. The predicted octanol–water partition coefficient (Wildman–Crippen LogP) is 1.05. The Hall–Kier alpha value is -0.150. The van der Waals surface area contributed by atoms with Gasteiger partial charge in [-0.15, -0.1) is 0 Å². The lowest BCUT2D eigenvalue weighted by Crippen LogP contribution is -2.39. The minimum Gasteiger partial charge on any atom is -0.393 e. The lowest BCUT2D eigenvalue weighted by atomic mass is 9.94. The molecule has 0 saturated carbocycles. The van der Waals surface area contributed by atoms with E-state index in [-0.39, 0.29) is 12.5 Å². The molecule has 1 heterocycles. The number of nitrogens with zero attached hydrogens (tertiary/aromatic N) is 1. The number of aliphatic hydroxyl groups is 1. The summed E-state index contributed by atoms with van der Waals surface area (Å²) in [6.07, 6.45) is 0.983. The van der Waals surface area contributed by atoms with E-state index in [0.29, 0.717) is 0 Å². The van der Waals surface area contributed by atoms with E-state index in [9.17, 15) is 4.39 Å². The van der Waals surface area contributed by atoms with Crippen molar-refractivity contribution in [2.45, 2.75) is 25.9 Å². The van der Waals surface area contributed by atoms with Crippen LogP contribution in [0.15, 0.2) is 0 Å². The van der Waals surface area contributed by atoms with Crippen molar-refractivity contribution in [3.8, 4) is 0 Å². The first-order valence-electron chi connectivity index (χ1n) is 4.75. The second-order valence-electron chi connectivity index (χ2n) is 3.49. The molecule has 0 aliphatic carbocycles. The Morgan fingerprint density at radius 2 is 2.42 bits per heavy atom. The summed E-state index contributed by atoms with van der Waals surface area (Å²) in [5.74, 6) is 0.0590. The summed E-state index contributed by atoms with van der Waals surface area (Å²) in [5.41, 5.74) is 0. The van der Waals surface area contributed by atoms with Crippen molar-refractivity contribution in [1.82, 2.24) is 4.90 Å². The number of piperidine rings is 1. The lowest BCUT2D eigenvalue weighted by Gasteiger charge is -2.32. The largest absolute Gasteiger partial charge is 0.393 e. The van der Waals surface area contributed by atoms with Gasteiger partial charge < -0.3 is 10.0 Å². The molecule has 72 valence electrons. The molecule has 2 atom stereocenters. The molecular weight excluding hydrogens is 157 g/mol. The summed E-state index contributed by atoms with van der Waals surface area (Å²) >= 11 is 0. The van der Waals surface area contributed by atoms with Crippen LogP contribution in [0.25, 0.3) is 0 Å². The van der Waals surface area contributed by atoms with E-state index in [1.807, 2.05) is 0 Å². The molecule has 0 bridgehead atoms. The second kappa shape index (κ2) is 4.77. The molecule has 3 heteroatoms. The average Bonchev–Trinajstić information content (AvgIpc) is 2.17. The van der Waals surface area contributed by atoms with E-state index in [1.54, 1.807) is 0 Å². The van der Waals surface area contributed by atoms with Crippen LogP contribution in [0.2, 0.25) is 0 Å². The number of alkyl halides is 1. The molecule has 2 nitrogen and oxygen atoms in total. The number of hydrogen-bond donors (Lipinski definition) is 1. The Kier molecular flexibility index (Phi) is 3.95. The molecule has 1 aliphatic rings. The summed E-state index contributed by atoms with van der Waals surface area (Å²) < 4.78 is 13.1.